The predicted octanol–water partition coefficient (Wildman–Crippen LogP) is -0.902. The number of rotatable bonds is 7. The van der Waals surface area contributed by atoms with Crippen molar-refractivity contribution in [1.29, 1.82) is 0 Å². The number of nitrogens with one attached hydrogen (secondary N) is 2. The van der Waals surface area contributed by atoms with Gasteiger partial charge in [0, 0.05) is 13.2 Å². The van der Waals surface area contributed by atoms with E-state index in [9.17, 15) is 4.79 Å². The Kier molecular flexibility index (Phi) is 8.31. The molecule has 0 aliphatic rings. The molecule has 1 amide bonds. The molecule has 0 radical (unpaired) electrons. The van der Waals surface area contributed by atoms with E-state index in [4.69, 9.17) is 11.5 Å². The van der Waals surface area contributed by atoms with Crippen LogP contribution in [0.4, 0.5) is 0 Å². The van der Waals surface area contributed by atoms with E-state index in [1.54, 1.807) is 0 Å². The van der Waals surface area contributed by atoms with E-state index < -0.39 is 0 Å². The van der Waals surface area contributed by atoms with Gasteiger partial charge in [-0.2, -0.15) is 0 Å². The van der Waals surface area contributed by atoms with Crippen molar-refractivity contribution >= 4 is 5.91 Å². The van der Waals surface area contributed by atoms with Gasteiger partial charge < -0.3 is 10.4 Å². The van der Waals surface area contributed by atoms with Crippen LogP contribution in [0, 0.1) is 12.3 Å². The van der Waals surface area contributed by atoms with Gasteiger partial charge in [-0.1, -0.05) is 5.92 Å². The van der Waals surface area contributed by atoms with Crippen LogP contribution in [-0.2, 0) is 4.79 Å². The molecule has 0 saturated carbocycles. The number of aliphatic hydroxyl groups excluding tert-OH is 1. The van der Waals surface area contributed by atoms with Crippen molar-refractivity contribution in [3.63, 3.8) is 0 Å². The lowest BCUT2D eigenvalue weighted by atomic mass is 10.3. The third kappa shape index (κ3) is 8.86. The van der Waals surface area contributed by atoms with Gasteiger partial charge in [-0.3, -0.25) is 10.1 Å². The van der Waals surface area contributed by atoms with Crippen molar-refractivity contribution in [3.8, 4) is 12.3 Å². The first-order chi connectivity index (χ1) is 6.31. The monoisotopic (exact) mass is 184 g/mol. The Morgan fingerprint density at radius 1 is 1.46 bits per heavy atom. The minimum absolute atomic E-state index is 0.0619. The summed E-state index contributed by atoms with van der Waals surface area (Å²) in [7, 11) is 0. The summed E-state index contributed by atoms with van der Waals surface area (Å²) in [5.74, 6) is 2.31. The minimum atomic E-state index is -0.0619. The molecule has 0 unspecified atom stereocenters. The Balaban J connectivity index is 3.16. The van der Waals surface area contributed by atoms with E-state index in [1.165, 1.54) is 0 Å². The van der Waals surface area contributed by atoms with Gasteiger partial charge in [0.05, 0.1) is 13.1 Å². The average molecular weight is 184 g/mol. The largest absolute Gasteiger partial charge is 0.396 e. The van der Waals surface area contributed by atoms with Gasteiger partial charge in [-0.15, -0.1) is 6.42 Å². The number of hydrogen-bond donors (Lipinski definition) is 3. The molecule has 0 aliphatic heterocycles. The van der Waals surface area contributed by atoms with Crippen molar-refractivity contribution in [2.24, 2.45) is 0 Å². The highest BCUT2D eigenvalue weighted by molar-refractivity contribution is 5.77. The molecule has 13 heavy (non-hydrogen) atoms. The molecule has 0 spiro atoms. The summed E-state index contributed by atoms with van der Waals surface area (Å²) in [5, 5.41) is 13.9. The maximum Gasteiger partial charge on any atom is 0.233 e. The van der Waals surface area contributed by atoms with E-state index in [2.05, 4.69) is 16.6 Å². The summed E-state index contributed by atoms with van der Waals surface area (Å²) < 4.78 is 0. The second-order valence-corrected chi connectivity index (χ2v) is 2.59. The fourth-order valence-corrected chi connectivity index (χ4v) is 0.775. The second-order valence-electron chi connectivity index (χ2n) is 2.59. The molecule has 74 valence electrons. The Morgan fingerprint density at radius 2 is 2.23 bits per heavy atom. The van der Waals surface area contributed by atoms with Gasteiger partial charge in [0.2, 0.25) is 5.91 Å². The van der Waals surface area contributed by atoms with E-state index in [1.807, 2.05) is 0 Å². The molecule has 4 nitrogen and oxygen atoms in total. The lowest BCUT2D eigenvalue weighted by Gasteiger charge is -2.03. The average Bonchev–Trinajstić information content (AvgIpc) is 2.13. The quantitative estimate of drug-likeness (QED) is 0.355. The predicted molar refractivity (Wildman–Crippen MR) is 51.0 cm³/mol. The van der Waals surface area contributed by atoms with Crippen molar-refractivity contribution in [3.05, 3.63) is 0 Å². The molecular weight excluding hydrogens is 168 g/mol. The zero-order valence-electron chi connectivity index (χ0n) is 7.68. The summed E-state index contributed by atoms with van der Waals surface area (Å²) in [6.07, 6.45) is 6.51. The topological polar surface area (TPSA) is 61.4 Å². The molecular formula is C9H16N2O2. The summed E-state index contributed by atoms with van der Waals surface area (Å²) in [6, 6.07) is 0. The molecule has 0 saturated heterocycles. The number of unbranched alkanes of at least 4 members (excludes halogenated alkanes) is 1. The van der Waals surface area contributed by atoms with Gasteiger partial charge in [-0.25, -0.2) is 0 Å². The van der Waals surface area contributed by atoms with Gasteiger partial charge in [0.1, 0.15) is 0 Å². The number of carbonyl (C=O) groups is 1. The molecule has 0 aliphatic carbocycles. The van der Waals surface area contributed by atoms with Gasteiger partial charge >= 0.3 is 0 Å². The fourth-order valence-electron chi connectivity index (χ4n) is 0.775. The summed E-state index contributed by atoms with van der Waals surface area (Å²) in [6.45, 7) is 1.44. The van der Waals surface area contributed by atoms with Crippen LogP contribution in [0.25, 0.3) is 0 Å². The van der Waals surface area contributed by atoms with Crippen LogP contribution in [0.3, 0.4) is 0 Å². The number of aliphatic hydroxyl groups is 1. The first-order valence-corrected chi connectivity index (χ1v) is 4.33. The van der Waals surface area contributed by atoms with Gasteiger partial charge in [-0.05, 0) is 12.8 Å². The molecule has 0 atom stereocenters. The maximum absolute atomic E-state index is 11.0. The fraction of sp³-hybridized carbons (Fsp3) is 0.667. The van der Waals surface area contributed by atoms with Crippen LogP contribution in [0.15, 0.2) is 0 Å². The number of carbonyl (C=O) groups excluding carboxylic acids is 1. The molecule has 0 rings (SSSR count). The summed E-state index contributed by atoms with van der Waals surface area (Å²) in [4.78, 5) is 11.0. The third-order valence-corrected chi connectivity index (χ3v) is 1.42. The number of terminal acetylenes is 1. The second kappa shape index (κ2) is 9.04. The molecule has 0 fully saturated rings. The van der Waals surface area contributed by atoms with Crippen LogP contribution < -0.4 is 10.6 Å². The van der Waals surface area contributed by atoms with Crippen LogP contribution in [0.5, 0.6) is 0 Å². The van der Waals surface area contributed by atoms with Crippen molar-refractivity contribution < 1.29 is 9.90 Å². The smallest absolute Gasteiger partial charge is 0.233 e. The molecule has 0 aromatic rings. The molecule has 4 heteroatoms. The highest BCUT2D eigenvalue weighted by Crippen LogP contribution is 1.82. The van der Waals surface area contributed by atoms with Crippen LogP contribution in [0.1, 0.15) is 12.8 Å². The standard InChI is InChI=1S/C9H16N2O2/c1-2-5-10-8-9(13)11-6-3-4-7-12/h1,10,12H,3-8H2,(H,11,13). The van der Waals surface area contributed by atoms with E-state index in [0.717, 1.165) is 12.8 Å². The molecule has 0 heterocycles. The Bertz CT molecular complexity index is 175. The van der Waals surface area contributed by atoms with Crippen molar-refractivity contribution in [1.82, 2.24) is 10.6 Å². The summed E-state index contributed by atoms with van der Waals surface area (Å²) >= 11 is 0. The first-order valence-electron chi connectivity index (χ1n) is 4.33. The third-order valence-electron chi connectivity index (χ3n) is 1.42. The van der Waals surface area contributed by atoms with Gasteiger partial charge in [0.15, 0.2) is 0 Å². The minimum Gasteiger partial charge on any atom is -0.396 e. The van der Waals surface area contributed by atoms with E-state index in [0.29, 0.717) is 13.1 Å². The first kappa shape index (κ1) is 11.9. The maximum atomic E-state index is 11.0. The summed E-state index contributed by atoms with van der Waals surface area (Å²) in [5.41, 5.74) is 0. The highest BCUT2D eigenvalue weighted by atomic mass is 16.2. The van der Waals surface area contributed by atoms with Crippen LogP contribution >= 0.6 is 0 Å². The highest BCUT2D eigenvalue weighted by Gasteiger charge is 1.97. The van der Waals surface area contributed by atoms with Crippen LogP contribution in [0.2, 0.25) is 0 Å². The number of hydrogen-bond acceptors (Lipinski definition) is 3. The molecule has 0 aromatic heterocycles. The Morgan fingerprint density at radius 3 is 2.85 bits per heavy atom. The lowest BCUT2D eigenvalue weighted by Crippen LogP contribution is -2.34. The lowest BCUT2D eigenvalue weighted by molar-refractivity contribution is -0.120. The number of amides is 1. The molecule has 0 bridgehead atoms. The Labute approximate surface area is 78.7 Å². The van der Waals surface area contributed by atoms with E-state index in [-0.39, 0.29) is 19.1 Å². The normalized spacial score (nSPS) is 9.23. The van der Waals surface area contributed by atoms with E-state index >= 15 is 0 Å². The van der Waals surface area contributed by atoms with Crippen molar-refractivity contribution in [2.45, 2.75) is 12.8 Å². The molecule has 3 N–H and O–H groups in total. The zero-order valence-corrected chi connectivity index (χ0v) is 7.68. The van der Waals surface area contributed by atoms with Crippen molar-refractivity contribution in [2.75, 3.05) is 26.2 Å². The van der Waals surface area contributed by atoms with Crippen LogP contribution in [-0.4, -0.2) is 37.3 Å². The molecule has 0 aromatic carbocycles. The van der Waals surface area contributed by atoms with Gasteiger partial charge in [0.25, 0.3) is 0 Å². The Hall–Kier alpha value is -1.05. The SMILES string of the molecule is C#CCNCC(=O)NCCCCO. The zero-order chi connectivity index (χ0) is 9.94.